The van der Waals surface area contributed by atoms with E-state index in [0.717, 1.165) is 30.0 Å². The minimum absolute atomic E-state index is 0.0910. The number of aromatic nitrogens is 2. The van der Waals surface area contributed by atoms with E-state index < -0.39 is 11.6 Å². The maximum atomic E-state index is 13.0. The second-order valence-electron chi connectivity index (χ2n) is 7.87. The minimum Gasteiger partial charge on any atom is -0.352 e. The Morgan fingerprint density at radius 1 is 1.21 bits per heavy atom. The van der Waals surface area contributed by atoms with Crippen LogP contribution >= 0.6 is 0 Å². The molecule has 9 heteroatoms. The molecule has 1 aliphatic carbocycles. The summed E-state index contributed by atoms with van der Waals surface area (Å²) in [5, 5.41) is 2.90. The van der Waals surface area contributed by atoms with E-state index in [9.17, 15) is 14.4 Å². The van der Waals surface area contributed by atoms with E-state index >= 15 is 0 Å². The number of carbonyl (C=O) groups excluding carboxylic acids is 3. The van der Waals surface area contributed by atoms with Crippen molar-refractivity contribution in [3.05, 3.63) is 18.6 Å². The minimum atomic E-state index is -0.819. The molecule has 1 aromatic heterocycles. The topological polar surface area (TPSA) is 98.7 Å². The van der Waals surface area contributed by atoms with Gasteiger partial charge in [-0.05, 0) is 18.8 Å². The smallest absolute Gasteiger partial charge is 0.325 e. The highest BCUT2D eigenvalue weighted by Gasteiger charge is 2.55. The van der Waals surface area contributed by atoms with Crippen LogP contribution in [0.1, 0.15) is 32.6 Å². The van der Waals surface area contributed by atoms with E-state index in [4.69, 9.17) is 0 Å². The zero-order chi connectivity index (χ0) is 19.7. The molecule has 2 aliphatic heterocycles. The Bertz CT molecular complexity index is 764. The SMILES string of the molecule is C[C@@H]1CCCC[C@@]12NC(=O)N(CC(=O)N1CCN(c3cnccn3)CC1)C2=O. The van der Waals surface area contributed by atoms with E-state index in [-0.39, 0.29) is 24.3 Å². The molecule has 2 atom stereocenters. The summed E-state index contributed by atoms with van der Waals surface area (Å²) in [5.41, 5.74) is -0.819. The quantitative estimate of drug-likeness (QED) is 0.765. The largest absolute Gasteiger partial charge is 0.352 e. The van der Waals surface area contributed by atoms with Crippen molar-refractivity contribution >= 4 is 23.7 Å². The molecule has 4 rings (SSSR count). The van der Waals surface area contributed by atoms with Gasteiger partial charge >= 0.3 is 6.03 Å². The van der Waals surface area contributed by atoms with Gasteiger partial charge in [0.2, 0.25) is 5.91 Å². The van der Waals surface area contributed by atoms with Gasteiger partial charge in [0.1, 0.15) is 17.9 Å². The molecule has 1 aromatic rings. The highest BCUT2D eigenvalue weighted by atomic mass is 16.2. The summed E-state index contributed by atoms with van der Waals surface area (Å²) in [6, 6.07) is -0.440. The summed E-state index contributed by atoms with van der Waals surface area (Å²) in [4.78, 5) is 51.5. The van der Waals surface area contributed by atoms with Gasteiger partial charge in [-0.1, -0.05) is 19.8 Å². The number of imide groups is 1. The van der Waals surface area contributed by atoms with Crippen LogP contribution < -0.4 is 10.2 Å². The number of rotatable bonds is 3. The third kappa shape index (κ3) is 3.18. The lowest BCUT2D eigenvalue weighted by Gasteiger charge is -2.37. The van der Waals surface area contributed by atoms with Crippen molar-refractivity contribution < 1.29 is 14.4 Å². The highest BCUT2D eigenvalue weighted by molar-refractivity contribution is 6.09. The number of anilines is 1. The van der Waals surface area contributed by atoms with Gasteiger partial charge < -0.3 is 15.1 Å². The number of nitrogens with zero attached hydrogens (tertiary/aromatic N) is 5. The standard InChI is InChI=1S/C19H26N6O3/c1-14-4-2-3-5-19(14)17(27)25(18(28)22-19)13-16(26)24-10-8-23(9-11-24)15-12-20-6-7-21-15/h6-7,12,14H,2-5,8-11,13H2,1H3,(H,22,28)/t14-,19-/m1/s1. The summed E-state index contributed by atoms with van der Waals surface area (Å²) < 4.78 is 0. The molecule has 9 nitrogen and oxygen atoms in total. The van der Waals surface area contributed by atoms with Crippen molar-refractivity contribution in [1.29, 1.82) is 0 Å². The molecule has 0 radical (unpaired) electrons. The van der Waals surface area contributed by atoms with Crippen LogP contribution in [0.15, 0.2) is 18.6 Å². The van der Waals surface area contributed by atoms with Gasteiger partial charge in [-0.15, -0.1) is 0 Å². The average Bonchev–Trinajstić information content (AvgIpc) is 2.96. The number of hydrogen-bond donors (Lipinski definition) is 1. The van der Waals surface area contributed by atoms with Gasteiger partial charge in [-0.25, -0.2) is 9.78 Å². The Morgan fingerprint density at radius 3 is 2.68 bits per heavy atom. The molecule has 0 unspecified atom stereocenters. The highest BCUT2D eigenvalue weighted by Crippen LogP contribution is 2.38. The fourth-order valence-electron chi connectivity index (χ4n) is 4.51. The molecule has 4 amide bonds. The maximum Gasteiger partial charge on any atom is 0.325 e. The first-order chi connectivity index (χ1) is 13.5. The number of carbonyl (C=O) groups is 3. The lowest BCUT2D eigenvalue weighted by Crippen LogP contribution is -2.55. The van der Waals surface area contributed by atoms with E-state index in [2.05, 4.69) is 20.2 Å². The molecule has 150 valence electrons. The third-order valence-electron chi connectivity index (χ3n) is 6.30. The van der Waals surface area contributed by atoms with Crippen molar-refractivity contribution in [3.63, 3.8) is 0 Å². The van der Waals surface area contributed by atoms with Crippen LogP contribution in [0.4, 0.5) is 10.6 Å². The predicted molar refractivity (Wildman–Crippen MR) is 101 cm³/mol. The van der Waals surface area contributed by atoms with Crippen molar-refractivity contribution in [2.45, 2.75) is 38.1 Å². The van der Waals surface area contributed by atoms with Crippen molar-refractivity contribution in [2.75, 3.05) is 37.6 Å². The van der Waals surface area contributed by atoms with Crippen molar-refractivity contribution in [2.24, 2.45) is 5.92 Å². The van der Waals surface area contributed by atoms with Gasteiger partial charge in [-0.3, -0.25) is 19.5 Å². The molecule has 28 heavy (non-hydrogen) atoms. The number of piperazine rings is 1. The zero-order valence-electron chi connectivity index (χ0n) is 16.1. The molecule has 0 bridgehead atoms. The molecular weight excluding hydrogens is 360 g/mol. The van der Waals surface area contributed by atoms with Crippen LogP contribution in [0.3, 0.4) is 0 Å². The first-order valence-corrected chi connectivity index (χ1v) is 9.94. The normalized spacial score (nSPS) is 28.0. The second-order valence-corrected chi connectivity index (χ2v) is 7.87. The second kappa shape index (κ2) is 7.37. The summed E-state index contributed by atoms with van der Waals surface area (Å²) in [6.07, 6.45) is 8.53. The van der Waals surface area contributed by atoms with Crippen molar-refractivity contribution in [3.8, 4) is 0 Å². The van der Waals surface area contributed by atoms with E-state index in [0.29, 0.717) is 32.6 Å². The molecule has 3 heterocycles. The van der Waals surface area contributed by atoms with E-state index in [1.54, 1.807) is 23.5 Å². The third-order valence-corrected chi connectivity index (χ3v) is 6.30. The van der Waals surface area contributed by atoms with Gasteiger partial charge in [0.25, 0.3) is 5.91 Å². The molecule has 3 aliphatic rings. The van der Waals surface area contributed by atoms with Crippen LogP contribution in [-0.2, 0) is 9.59 Å². The Kier molecular flexibility index (Phi) is 4.91. The van der Waals surface area contributed by atoms with Gasteiger partial charge in [0.15, 0.2) is 0 Å². The predicted octanol–water partition coefficient (Wildman–Crippen LogP) is 0.626. The number of amides is 4. The molecular formula is C19H26N6O3. The maximum absolute atomic E-state index is 13.0. The molecule has 1 N–H and O–H groups in total. The lowest BCUT2D eigenvalue weighted by atomic mass is 9.73. The lowest BCUT2D eigenvalue weighted by molar-refractivity contribution is -0.140. The Labute approximate surface area is 164 Å². The fraction of sp³-hybridized carbons (Fsp3) is 0.632. The summed E-state index contributed by atoms with van der Waals surface area (Å²) >= 11 is 0. The Morgan fingerprint density at radius 2 is 2.00 bits per heavy atom. The Balaban J connectivity index is 1.36. The van der Waals surface area contributed by atoms with Crippen LogP contribution in [-0.4, -0.2) is 75.9 Å². The molecule has 0 aromatic carbocycles. The molecule has 1 spiro atoms. The summed E-state index contributed by atoms with van der Waals surface area (Å²) in [5.74, 6) is 0.448. The fourth-order valence-corrected chi connectivity index (χ4v) is 4.51. The zero-order valence-corrected chi connectivity index (χ0v) is 16.1. The van der Waals surface area contributed by atoms with E-state index in [1.807, 2.05) is 6.92 Å². The van der Waals surface area contributed by atoms with Crippen molar-refractivity contribution in [1.82, 2.24) is 25.1 Å². The van der Waals surface area contributed by atoms with Crippen LogP contribution in [0.2, 0.25) is 0 Å². The van der Waals surface area contributed by atoms with Gasteiger partial charge in [-0.2, -0.15) is 0 Å². The Hall–Kier alpha value is -2.71. The number of urea groups is 1. The summed E-state index contributed by atoms with van der Waals surface area (Å²) in [7, 11) is 0. The van der Waals surface area contributed by atoms with Crippen LogP contribution in [0.25, 0.3) is 0 Å². The summed E-state index contributed by atoms with van der Waals surface area (Å²) in [6.45, 7) is 4.16. The average molecular weight is 386 g/mol. The molecule has 3 fully saturated rings. The first kappa shape index (κ1) is 18.6. The van der Waals surface area contributed by atoms with Gasteiger partial charge in [0, 0.05) is 38.6 Å². The van der Waals surface area contributed by atoms with Crippen LogP contribution in [0.5, 0.6) is 0 Å². The molecule has 1 saturated carbocycles. The number of hydrogen-bond acceptors (Lipinski definition) is 6. The van der Waals surface area contributed by atoms with E-state index in [1.165, 1.54) is 0 Å². The number of nitrogens with one attached hydrogen (secondary N) is 1. The van der Waals surface area contributed by atoms with Gasteiger partial charge in [0.05, 0.1) is 6.20 Å². The van der Waals surface area contributed by atoms with Crippen LogP contribution in [0, 0.1) is 5.92 Å². The first-order valence-electron chi connectivity index (χ1n) is 9.94. The molecule has 2 saturated heterocycles. The monoisotopic (exact) mass is 386 g/mol.